The third-order valence-electron chi connectivity index (χ3n) is 4.85. The molecule has 2 aromatic carbocycles. The van der Waals surface area contributed by atoms with Gasteiger partial charge in [0.15, 0.2) is 5.52 Å². The van der Waals surface area contributed by atoms with Crippen LogP contribution in [0.25, 0.3) is 0 Å². The van der Waals surface area contributed by atoms with Crippen LogP contribution in [0.3, 0.4) is 0 Å². The molecule has 0 bridgehead atoms. The van der Waals surface area contributed by atoms with Gasteiger partial charge in [-0.2, -0.15) is 0 Å². The molecule has 0 saturated carbocycles. The number of hydrogen-bond donors (Lipinski definition) is 0. The molecule has 0 fully saturated rings. The van der Waals surface area contributed by atoms with Crippen LogP contribution in [0.5, 0.6) is 5.75 Å². The molecule has 2 rings (SSSR count). The van der Waals surface area contributed by atoms with Crippen molar-refractivity contribution in [1.29, 1.82) is 0 Å². The van der Waals surface area contributed by atoms with E-state index in [1.54, 1.807) is 0 Å². The van der Waals surface area contributed by atoms with Crippen LogP contribution in [0.4, 0.5) is 0 Å². The zero-order chi connectivity index (χ0) is 18.9. The van der Waals surface area contributed by atoms with Crippen LogP contribution in [0.1, 0.15) is 61.0 Å². The molecule has 0 heterocycles. The SMILES string of the molecule is CCCCC(CC)COc1ccc(PC(=O)c2c(C)cccc2C)cc1.[Li]. The summed E-state index contributed by atoms with van der Waals surface area (Å²) in [6, 6.07) is 14.0. The molecule has 2 atom stereocenters. The van der Waals surface area contributed by atoms with Gasteiger partial charge in [-0.25, -0.2) is 0 Å². The topological polar surface area (TPSA) is 26.3 Å². The van der Waals surface area contributed by atoms with Crippen molar-refractivity contribution >= 4 is 38.3 Å². The predicted molar refractivity (Wildman–Crippen MR) is 119 cm³/mol. The van der Waals surface area contributed by atoms with Gasteiger partial charge in [0.25, 0.3) is 0 Å². The molecule has 0 saturated heterocycles. The molecule has 0 aromatic heterocycles. The quantitative estimate of drug-likeness (QED) is 0.394. The molecule has 0 spiro atoms. The minimum absolute atomic E-state index is 0. The van der Waals surface area contributed by atoms with E-state index in [4.69, 9.17) is 4.74 Å². The average Bonchev–Trinajstić information content (AvgIpc) is 2.63. The fourth-order valence-corrected chi connectivity index (χ4v) is 4.23. The molecule has 0 aliphatic heterocycles. The molecule has 0 N–H and O–H groups in total. The Bertz CT molecular complexity index is 693. The van der Waals surface area contributed by atoms with Gasteiger partial charge >= 0.3 is 0 Å². The number of unbranched alkanes of at least 4 members (excludes halogenated alkanes) is 1. The standard InChI is InChI=1S/C23H31O2P.Li/c1-5-7-11-19(6-2)16-25-20-12-14-21(15-13-20)26-23(24)22-17(3)9-8-10-18(22)4;/h8-10,12-15,19,26H,5-7,11,16H2,1-4H3;. The second kappa shape index (κ2) is 12.4. The fraction of sp³-hybridized carbons (Fsp3) is 0.435. The van der Waals surface area contributed by atoms with Crippen LogP contribution in [-0.2, 0) is 0 Å². The molecule has 27 heavy (non-hydrogen) atoms. The van der Waals surface area contributed by atoms with E-state index in [1.165, 1.54) is 19.3 Å². The first-order chi connectivity index (χ1) is 12.5. The summed E-state index contributed by atoms with van der Waals surface area (Å²) >= 11 is 0. The average molecular weight is 377 g/mol. The molecule has 2 aromatic rings. The maximum atomic E-state index is 12.7. The molecule has 2 nitrogen and oxygen atoms in total. The van der Waals surface area contributed by atoms with Crippen molar-refractivity contribution in [2.75, 3.05) is 6.61 Å². The summed E-state index contributed by atoms with van der Waals surface area (Å²) in [6.45, 7) is 9.24. The van der Waals surface area contributed by atoms with Crippen molar-refractivity contribution in [3.63, 3.8) is 0 Å². The Morgan fingerprint density at radius 1 is 1.04 bits per heavy atom. The number of ether oxygens (including phenoxy) is 1. The third kappa shape index (κ3) is 7.46. The van der Waals surface area contributed by atoms with E-state index in [9.17, 15) is 4.79 Å². The van der Waals surface area contributed by atoms with Crippen molar-refractivity contribution in [2.24, 2.45) is 5.92 Å². The van der Waals surface area contributed by atoms with E-state index >= 15 is 0 Å². The van der Waals surface area contributed by atoms with E-state index in [2.05, 4.69) is 13.8 Å². The van der Waals surface area contributed by atoms with Crippen molar-refractivity contribution < 1.29 is 9.53 Å². The van der Waals surface area contributed by atoms with E-state index in [1.807, 2.05) is 56.3 Å². The van der Waals surface area contributed by atoms with Crippen LogP contribution in [0, 0.1) is 19.8 Å². The smallest absolute Gasteiger partial charge is 0.186 e. The van der Waals surface area contributed by atoms with Crippen LogP contribution in [0.15, 0.2) is 42.5 Å². The van der Waals surface area contributed by atoms with E-state index in [0.29, 0.717) is 5.92 Å². The van der Waals surface area contributed by atoms with Gasteiger partial charge < -0.3 is 4.74 Å². The van der Waals surface area contributed by atoms with Crippen molar-refractivity contribution in [2.45, 2.75) is 53.4 Å². The van der Waals surface area contributed by atoms with Crippen LogP contribution in [-0.4, -0.2) is 31.0 Å². The Balaban J connectivity index is 0.00000364. The molecule has 141 valence electrons. The number of aryl methyl sites for hydroxylation is 2. The first kappa shape index (κ1) is 24.0. The van der Waals surface area contributed by atoms with E-state index < -0.39 is 0 Å². The third-order valence-corrected chi connectivity index (χ3v) is 5.95. The van der Waals surface area contributed by atoms with Crippen LogP contribution >= 0.6 is 8.58 Å². The summed E-state index contributed by atoms with van der Waals surface area (Å²) in [5.41, 5.74) is 3.19. The number of rotatable bonds is 10. The number of hydrogen-bond acceptors (Lipinski definition) is 2. The van der Waals surface area contributed by atoms with Crippen LogP contribution < -0.4 is 10.0 Å². The fourth-order valence-electron chi connectivity index (χ4n) is 3.11. The number of carbonyl (C=O) groups is 1. The van der Waals surface area contributed by atoms with E-state index in [0.717, 1.165) is 40.8 Å². The van der Waals surface area contributed by atoms with Crippen molar-refractivity contribution in [1.82, 2.24) is 0 Å². The second-order valence-electron chi connectivity index (χ2n) is 6.97. The van der Waals surface area contributed by atoms with Gasteiger partial charge in [0, 0.05) is 24.4 Å². The molecular weight excluding hydrogens is 346 g/mol. The predicted octanol–water partition coefficient (Wildman–Crippen LogP) is 5.66. The van der Waals surface area contributed by atoms with Gasteiger partial charge in [-0.05, 0) is 63.3 Å². The van der Waals surface area contributed by atoms with Crippen molar-refractivity contribution in [3.8, 4) is 5.75 Å². The summed E-state index contributed by atoms with van der Waals surface area (Å²) in [5.74, 6) is 1.52. The molecule has 2 unspecified atom stereocenters. The van der Waals surface area contributed by atoms with Gasteiger partial charge in [-0.3, -0.25) is 4.79 Å². The Labute approximate surface area is 178 Å². The minimum Gasteiger partial charge on any atom is -0.493 e. The Morgan fingerprint density at radius 2 is 1.67 bits per heavy atom. The Morgan fingerprint density at radius 3 is 2.22 bits per heavy atom. The first-order valence-electron chi connectivity index (χ1n) is 9.65. The summed E-state index contributed by atoms with van der Waals surface area (Å²) in [6.07, 6.45) is 4.89. The maximum Gasteiger partial charge on any atom is 0.186 e. The van der Waals surface area contributed by atoms with Crippen molar-refractivity contribution in [3.05, 3.63) is 59.2 Å². The van der Waals surface area contributed by atoms with Crippen LogP contribution in [0.2, 0.25) is 0 Å². The Hall–Kier alpha value is -1.06. The monoisotopic (exact) mass is 377 g/mol. The van der Waals surface area contributed by atoms with Gasteiger partial charge in [-0.1, -0.05) is 63.4 Å². The normalized spacial score (nSPS) is 12.0. The van der Waals surface area contributed by atoms with Gasteiger partial charge in [-0.15, -0.1) is 0 Å². The summed E-state index contributed by atoms with van der Waals surface area (Å²) in [5, 5.41) is 1.06. The van der Waals surface area contributed by atoms with Gasteiger partial charge in [0.05, 0.1) is 6.61 Å². The molecule has 0 amide bonds. The van der Waals surface area contributed by atoms with Gasteiger partial charge in [0.1, 0.15) is 5.75 Å². The summed E-state index contributed by atoms with van der Waals surface area (Å²) in [7, 11) is 0.148. The largest absolute Gasteiger partial charge is 0.493 e. The molecule has 1 radical (unpaired) electrons. The zero-order valence-corrected chi connectivity index (χ0v) is 18.5. The molecule has 4 heteroatoms. The number of carbonyl (C=O) groups excluding carboxylic acids is 1. The number of benzene rings is 2. The van der Waals surface area contributed by atoms with Gasteiger partial charge in [0.2, 0.25) is 0 Å². The molecule has 0 aliphatic carbocycles. The summed E-state index contributed by atoms with van der Waals surface area (Å²) < 4.78 is 5.96. The molecular formula is C23H31LiO2P. The Kier molecular flexibility index (Phi) is 11.0. The zero-order valence-electron chi connectivity index (χ0n) is 17.5. The minimum atomic E-state index is 0. The molecule has 0 aliphatic rings. The summed E-state index contributed by atoms with van der Waals surface area (Å²) in [4.78, 5) is 12.7. The first-order valence-corrected chi connectivity index (χ1v) is 10.7. The maximum absolute atomic E-state index is 12.7. The second-order valence-corrected chi connectivity index (χ2v) is 8.25. The van der Waals surface area contributed by atoms with E-state index in [-0.39, 0.29) is 33.0 Å².